The topological polar surface area (TPSA) is 44.8 Å². The number of hydrogen-bond acceptors (Lipinski definition) is 4. The van der Waals surface area contributed by atoms with Crippen LogP contribution < -0.4 is 14.2 Å². The largest absolute Gasteiger partial charge is 0.493 e. The highest BCUT2D eigenvalue weighted by Gasteiger charge is 2.35. The lowest BCUT2D eigenvalue weighted by Crippen LogP contribution is -2.42. The number of methoxy groups -OCH3 is 2. The summed E-state index contributed by atoms with van der Waals surface area (Å²) < 4.78 is 16.1. The fraction of sp³-hybridized carbons (Fsp3) is 0.462. The van der Waals surface area contributed by atoms with Gasteiger partial charge in [0.25, 0.3) is 0 Å². The van der Waals surface area contributed by atoms with Crippen LogP contribution in [0.5, 0.6) is 17.2 Å². The molecule has 0 amide bonds. The third-order valence-electron chi connectivity index (χ3n) is 2.95. The molecular weight excluding hydrogens is 220 g/mol. The molecule has 0 bridgehead atoms. The number of carbonyl (C=O) groups is 1. The summed E-state index contributed by atoms with van der Waals surface area (Å²) in [7, 11) is 3.14. The highest BCUT2D eigenvalue weighted by Crippen LogP contribution is 2.39. The van der Waals surface area contributed by atoms with E-state index in [2.05, 4.69) is 0 Å². The van der Waals surface area contributed by atoms with Crippen LogP contribution in [0.3, 0.4) is 0 Å². The van der Waals surface area contributed by atoms with E-state index in [1.807, 2.05) is 0 Å². The van der Waals surface area contributed by atoms with E-state index in [0.717, 1.165) is 5.56 Å². The van der Waals surface area contributed by atoms with Gasteiger partial charge in [0, 0.05) is 18.1 Å². The zero-order chi connectivity index (χ0) is 12.6. The SMILES string of the molecule is COc1cc2c(cc1OC)OC(C)(C)C(=O)C2. The molecule has 0 radical (unpaired) electrons. The molecule has 0 spiro atoms. The van der Waals surface area contributed by atoms with Crippen LogP contribution in [0.25, 0.3) is 0 Å². The summed E-state index contributed by atoms with van der Waals surface area (Å²) in [4.78, 5) is 11.8. The van der Waals surface area contributed by atoms with Gasteiger partial charge >= 0.3 is 0 Å². The standard InChI is InChI=1S/C13H16O4/c1-13(2)12(14)6-8-5-10(15-3)11(16-4)7-9(8)17-13/h5,7H,6H2,1-4H3. The Morgan fingerprint density at radius 3 is 2.35 bits per heavy atom. The van der Waals surface area contributed by atoms with E-state index in [4.69, 9.17) is 14.2 Å². The number of ketones is 1. The summed E-state index contributed by atoms with van der Waals surface area (Å²) in [6.07, 6.45) is 0.364. The second kappa shape index (κ2) is 3.95. The molecule has 17 heavy (non-hydrogen) atoms. The average molecular weight is 236 g/mol. The van der Waals surface area contributed by atoms with Crippen LogP contribution in [-0.4, -0.2) is 25.6 Å². The highest BCUT2D eigenvalue weighted by molar-refractivity contribution is 5.91. The fourth-order valence-electron chi connectivity index (χ4n) is 1.85. The summed E-state index contributed by atoms with van der Waals surface area (Å²) >= 11 is 0. The molecular formula is C13H16O4. The summed E-state index contributed by atoms with van der Waals surface area (Å²) in [5.74, 6) is 1.98. The third-order valence-corrected chi connectivity index (χ3v) is 2.95. The molecule has 1 aromatic carbocycles. The molecule has 2 rings (SSSR count). The third kappa shape index (κ3) is 1.95. The molecule has 1 heterocycles. The fourth-order valence-corrected chi connectivity index (χ4v) is 1.85. The molecule has 0 aliphatic carbocycles. The van der Waals surface area contributed by atoms with Crippen molar-refractivity contribution >= 4 is 5.78 Å². The molecule has 4 heteroatoms. The average Bonchev–Trinajstić information content (AvgIpc) is 2.28. The molecule has 0 unspecified atom stereocenters. The van der Waals surface area contributed by atoms with Crippen LogP contribution >= 0.6 is 0 Å². The maximum absolute atomic E-state index is 11.8. The maximum atomic E-state index is 11.8. The van der Waals surface area contributed by atoms with E-state index in [0.29, 0.717) is 23.7 Å². The van der Waals surface area contributed by atoms with Crippen molar-refractivity contribution in [2.75, 3.05) is 14.2 Å². The summed E-state index contributed by atoms with van der Waals surface area (Å²) in [6, 6.07) is 3.56. The van der Waals surface area contributed by atoms with Gasteiger partial charge in [-0.2, -0.15) is 0 Å². The first kappa shape index (κ1) is 11.8. The minimum atomic E-state index is -0.771. The van der Waals surface area contributed by atoms with E-state index < -0.39 is 5.60 Å². The van der Waals surface area contributed by atoms with Crippen molar-refractivity contribution in [1.82, 2.24) is 0 Å². The predicted molar refractivity (Wildman–Crippen MR) is 63.0 cm³/mol. The highest BCUT2D eigenvalue weighted by atomic mass is 16.5. The van der Waals surface area contributed by atoms with Gasteiger partial charge in [-0.1, -0.05) is 0 Å². The van der Waals surface area contributed by atoms with E-state index >= 15 is 0 Å². The van der Waals surface area contributed by atoms with Crippen LogP contribution in [0.15, 0.2) is 12.1 Å². The van der Waals surface area contributed by atoms with Crippen molar-refractivity contribution in [3.8, 4) is 17.2 Å². The molecule has 0 atom stereocenters. The molecule has 0 fully saturated rings. The quantitative estimate of drug-likeness (QED) is 0.787. The van der Waals surface area contributed by atoms with Crippen molar-refractivity contribution < 1.29 is 19.0 Å². The van der Waals surface area contributed by atoms with Crippen molar-refractivity contribution in [2.24, 2.45) is 0 Å². The van der Waals surface area contributed by atoms with E-state index in [1.54, 1.807) is 40.2 Å². The second-order valence-corrected chi connectivity index (χ2v) is 4.53. The van der Waals surface area contributed by atoms with Crippen LogP contribution in [-0.2, 0) is 11.2 Å². The number of benzene rings is 1. The lowest BCUT2D eigenvalue weighted by molar-refractivity contribution is -0.132. The van der Waals surface area contributed by atoms with Crippen molar-refractivity contribution in [3.63, 3.8) is 0 Å². The van der Waals surface area contributed by atoms with Crippen LogP contribution in [0.1, 0.15) is 19.4 Å². The smallest absolute Gasteiger partial charge is 0.180 e. The van der Waals surface area contributed by atoms with Gasteiger partial charge in [-0.3, -0.25) is 4.79 Å². The predicted octanol–water partition coefficient (Wildman–Crippen LogP) is 1.99. The molecule has 0 saturated carbocycles. The van der Waals surface area contributed by atoms with Crippen molar-refractivity contribution in [3.05, 3.63) is 17.7 Å². The number of carbonyl (C=O) groups excluding carboxylic acids is 1. The van der Waals surface area contributed by atoms with Gasteiger partial charge < -0.3 is 14.2 Å². The minimum absolute atomic E-state index is 0.0669. The lowest BCUT2D eigenvalue weighted by atomic mass is 9.92. The monoisotopic (exact) mass is 236 g/mol. The van der Waals surface area contributed by atoms with Gasteiger partial charge in [0.15, 0.2) is 22.9 Å². The van der Waals surface area contributed by atoms with Crippen LogP contribution in [0.2, 0.25) is 0 Å². The first-order chi connectivity index (χ1) is 7.97. The summed E-state index contributed by atoms with van der Waals surface area (Å²) in [6.45, 7) is 3.55. The molecule has 1 aromatic rings. The van der Waals surface area contributed by atoms with E-state index in [-0.39, 0.29) is 5.78 Å². The van der Waals surface area contributed by atoms with Crippen LogP contribution in [0.4, 0.5) is 0 Å². The minimum Gasteiger partial charge on any atom is -0.493 e. The van der Waals surface area contributed by atoms with E-state index in [1.165, 1.54) is 0 Å². The molecule has 0 aromatic heterocycles. The number of Topliss-reactive ketones (excluding diaryl/α,β-unsaturated/α-hetero) is 1. The molecule has 1 aliphatic rings. The Hall–Kier alpha value is -1.71. The Labute approximate surface area is 100 Å². The normalized spacial score (nSPS) is 17.1. The van der Waals surface area contributed by atoms with E-state index in [9.17, 15) is 4.79 Å². The molecule has 4 nitrogen and oxygen atoms in total. The maximum Gasteiger partial charge on any atom is 0.180 e. The Balaban J connectivity index is 2.49. The molecule has 92 valence electrons. The lowest BCUT2D eigenvalue weighted by Gasteiger charge is -2.31. The summed E-state index contributed by atoms with van der Waals surface area (Å²) in [5, 5.41) is 0. The van der Waals surface area contributed by atoms with Gasteiger partial charge in [0.05, 0.1) is 14.2 Å². The molecule has 0 saturated heterocycles. The van der Waals surface area contributed by atoms with Crippen LogP contribution in [0, 0.1) is 0 Å². The second-order valence-electron chi connectivity index (χ2n) is 4.53. The van der Waals surface area contributed by atoms with Gasteiger partial charge in [0.2, 0.25) is 0 Å². The zero-order valence-corrected chi connectivity index (χ0v) is 10.5. The Morgan fingerprint density at radius 2 is 1.76 bits per heavy atom. The van der Waals surface area contributed by atoms with Gasteiger partial charge in [-0.05, 0) is 19.9 Å². The number of fused-ring (bicyclic) bond motifs is 1. The van der Waals surface area contributed by atoms with Gasteiger partial charge in [-0.25, -0.2) is 0 Å². The summed E-state index contributed by atoms with van der Waals surface area (Å²) in [5.41, 5.74) is 0.0686. The first-order valence-electron chi connectivity index (χ1n) is 5.45. The Morgan fingerprint density at radius 1 is 1.18 bits per heavy atom. The molecule has 1 aliphatic heterocycles. The Kier molecular flexibility index (Phi) is 2.73. The zero-order valence-electron chi connectivity index (χ0n) is 10.5. The molecule has 0 N–H and O–H groups in total. The van der Waals surface area contributed by atoms with Gasteiger partial charge in [-0.15, -0.1) is 0 Å². The number of rotatable bonds is 2. The van der Waals surface area contributed by atoms with Crippen molar-refractivity contribution in [1.29, 1.82) is 0 Å². The van der Waals surface area contributed by atoms with Crippen molar-refractivity contribution in [2.45, 2.75) is 25.9 Å². The number of hydrogen-bond donors (Lipinski definition) is 0. The Bertz CT molecular complexity index is 463. The number of ether oxygens (including phenoxy) is 3. The van der Waals surface area contributed by atoms with Gasteiger partial charge in [0.1, 0.15) is 5.75 Å². The first-order valence-corrected chi connectivity index (χ1v) is 5.45.